The molecule has 0 unspecified atom stereocenters. The van der Waals surface area contributed by atoms with E-state index in [1.54, 1.807) is 42.2 Å². The van der Waals surface area contributed by atoms with Crippen molar-refractivity contribution in [2.45, 2.75) is 32.6 Å². The Labute approximate surface area is 237 Å². The summed E-state index contributed by atoms with van der Waals surface area (Å²) in [7, 11) is 1.44. The molecule has 1 aliphatic heterocycles. The van der Waals surface area contributed by atoms with Crippen LogP contribution in [0.2, 0.25) is 0 Å². The van der Waals surface area contributed by atoms with E-state index in [0.717, 1.165) is 36.9 Å². The fourth-order valence-electron chi connectivity index (χ4n) is 4.96. The lowest BCUT2D eigenvalue weighted by Crippen LogP contribution is -2.31. The zero-order chi connectivity index (χ0) is 28.8. The van der Waals surface area contributed by atoms with Gasteiger partial charge in [-0.05, 0) is 68.3 Å². The second kappa shape index (κ2) is 12.7. The van der Waals surface area contributed by atoms with Crippen LogP contribution in [-0.2, 0) is 14.4 Å². The van der Waals surface area contributed by atoms with Gasteiger partial charge in [0.15, 0.2) is 5.71 Å². The number of halogens is 1. The molecule has 0 saturated heterocycles. The third kappa shape index (κ3) is 5.94. The minimum absolute atomic E-state index is 0.143. The number of nitrogens with zero attached hydrogens (tertiary/aromatic N) is 2. The molecule has 0 fully saturated rings. The van der Waals surface area contributed by atoms with Crippen molar-refractivity contribution in [3.63, 3.8) is 0 Å². The zero-order valence-electron chi connectivity index (χ0n) is 23.0. The predicted octanol–water partition coefficient (Wildman–Crippen LogP) is 6.75. The Kier molecular flexibility index (Phi) is 8.62. The van der Waals surface area contributed by atoms with Crippen molar-refractivity contribution in [3.8, 4) is 17.1 Å². The van der Waals surface area contributed by atoms with Crippen molar-refractivity contribution in [2.24, 2.45) is 5.16 Å². The van der Waals surface area contributed by atoms with Gasteiger partial charge >= 0.3 is 5.97 Å². The molecule has 0 spiro atoms. The molecule has 5 rings (SSSR count). The fraction of sp³-hybridized carbons (Fsp3) is 0.281. The van der Waals surface area contributed by atoms with Crippen LogP contribution in [-0.4, -0.2) is 44.5 Å². The molecule has 0 N–H and O–H groups in total. The zero-order valence-corrected chi connectivity index (χ0v) is 23.0. The van der Waals surface area contributed by atoms with Gasteiger partial charge in [-0.15, -0.1) is 0 Å². The van der Waals surface area contributed by atoms with E-state index < -0.39 is 5.97 Å². The Morgan fingerprint density at radius 3 is 2.56 bits per heavy atom. The highest BCUT2D eigenvalue weighted by atomic mass is 19.1. The van der Waals surface area contributed by atoms with Crippen LogP contribution in [0.5, 0.6) is 5.75 Å². The molecule has 1 amide bonds. The van der Waals surface area contributed by atoms with Gasteiger partial charge in [0.2, 0.25) is 0 Å². The van der Waals surface area contributed by atoms with Gasteiger partial charge in [-0.3, -0.25) is 4.79 Å². The maximum absolute atomic E-state index is 13.5. The first kappa shape index (κ1) is 27.9. The SMILES string of the molecule is CCOC(=O)c1c(-c2ccc(F)cc2)oc2ccc(OCCCCCCN3C(=O)/C(=N\OC)c4ccccc43)cc12. The van der Waals surface area contributed by atoms with Crippen LogP contribution in [0.1, 0.15) is 48.5 Å². The largest absolute Gasteiger partial charge is 0.494 e. The van der Waals surface area contributed by atoms with Crippen molar-refractivity contribution in [3.05, 3.63) is 83.7 Å². The van der Waals surface area contributed by atoms with E-state index in [4.69, 9.17) is 18.7 Å². The van der Waals surface area contributed by atoms with Gasteiger partial charge in [0.05, 0.1) is 18.9 Å². The van der Waals surface area contributed by atoms with E-state index in [1.807, 2.05) is 24.3 Å². The van der Waals surface area contributed by atoms with Gasteiger partial charge in [0.25, 0.3) is 5.91 Å². The highest BCUT2D eigenvalue weighted by Gasteiger charge is 2.33. The number of fused-ring (bicyclic) bond motifs is 2. The first-order valence-corrected chi connectivity index (χ1v) is 13.7. The average Bonchev–Trinajstić information content (AvgIpc) is 3.48. The quantitative estimate of drug-likeness (QED) is 0.109. The van der Waals surface area contributed by atoms with Crippen LogP contribution in [0.25, 0.3) is 22.3 Å². The first-order valence-electron chi connectivity index (χ1n) is 13.7. The average molecular weight is 559 g/mol. The number of ether oxygens (including phenoxy) is 2. The Bertz CT molecular complexity index is 1580. The van der Waals surface area contributed by atoms with Gasteiger partial charge < -0.3 is 23.6 Å². The summed E-state index contributed by atoms with van der Waals surface area (Å²) in [5.41, 5.74) is 3.36. The van der Waals surface area contributed by atoms with Crippen LogP contribution in [0.4, 0.5) is 10.1 Å². The van der Waals surface area contributed by atoms with Crippen molar-refractivity contribution in [1.29, 1.82) is 0 Å². The molecular formula is C32H31FN2O6. The van der Waals surface area contributed by atoms with Crippen LogP contribution < -0.4 is 9.64 Å². The number of unbranched alkanes of at least 4 members (excludes halogenated alkanes) is 3. The number of rotatable bonds is 12. The summed E-state index contributed by atoms with van der Waals surface area (Å²) >= 11 is 0. The molecule has 0 aliphatic carbocycles. The molecule has 4 aromatic rings. The maximum Gasteiger partial charge on any atom is 0.342 e. The number of hydrogen-bond acceptors (Lipinski definition) is 7. The summed E-state index contributed by atoms with van der Waals surface area (Å²) in [5.74, 6) is -0.0916. The second-order valence-electron chi connectivity index (χ2n) is 9.55. The molecule has 212 valence electrons. The molecular weight excluding hydrogens is 527 g/mol. The fourth-order valence-corrected chi connectivity index (χ4v) is 4.96. The number of hydrogen-bond donors (Lipinski definition) is 0. The van der Waals surface area contributed by atoms with Crippen molar-refractivity contribution < 1.29 is 32.7 Å². The number of amides is 1. The lowest BCUT2D eigenvalue weighted by Gasteiger charge is -2.16. The van der Waals surface area contributed by atoms with Crippen molar-refractivity contribution in [1.82, 2.24) is 0 Å². The molecule has 3 aromatic carbocycles. The molecule has 1 aliphatic rings. The van der Waals surface area contributed by atoms with Gasteiger partial charge in [0, 0.05) is 23.1 Å². The number of carbonyl (C=O) groups excluding carboxylic acids is 2. The monoisotopic (exact) mass is 558 g/mol. The highest BCUT2D eigenvalue weighted by Crippen LogP contribution is 2.36. The number of anilines is 1. The summed E-state index contributed by atoms with van der Waals surface area (Å²) in [6.07, 6.45) is 3.53. The topological polar surface area (TPSA) is 90.6 Å². The molecule has 1 aromatic heterocycles. The molecule has 0 radical (unpaired) electrons. The molecule has 8 nitrogen and oxygen atoms in total. The third-order valence-corrected chi connectivity index (χ3v) is 6.87. The minimum atomic E-state index is -0.512. The smallest absolute Gasteiger partial charge is 0.342 e. The summed E-state index contributed by atoms with van der Waals surface area (Å²) in [4.78, 5) is 32.3. The summed E-state index contributed by atoms with van der Waals surface area (Å²) in [6.45, 7) is 3.05. The second-order valence-corrected chi connectivity index (χ2v) is 9.55. The first-order chi connectivity index (χ1) is 20.0. The number of carbonyl (C=O) groups is 2. The number of oxime groups is 1. The highest BCUT2D eigenvalue weighted by molar-refractivity contribution is 6.54. The maximum atomic E-state index is 13.5. The molecule has 2 heterocycles. The van der Waals surface area contributed by atoms with Crippen LogP contribution in [0.3, 0.4) is 0 Å². The summed E-state index contributed by atoms with van der Waals surface area (Å²) in [5, 5.41) is 4.50. The Hall–Kier alpha value is -4.66. The van der Waals surface area contributed by atoms with Gasteiger partial charge in [-0.25, -0.2) is 9.18 Å². The number of para-hydroxylation sites is 1. The van der Waals surface area contributed by atoms with Crippen LogP contribution in [0.15, 0.2) is 76.3 Å². The number of furan rings is 1. The van der Waals surface area contributed by atoms with E-state index in [1.165, 1.54) is 19.2 Å². The number of esters is 1. The molecule has 0 atom stereocenters. The van der Waals surface area contributed by atoms with Crippen molar-refractivity contribution >= 4 is 34.2 Å². The van der Waals surface area contributed by atoms with E-state index in [2.05, 4.69) is 5.16 Å². The lowest BCUT2D eigenvalue weighted by atomic mass is 10.1. The van der Waals surface area contributed by atoms with Crippen LogP contribution >= 0.6 is 0 Å². The Balaban J connectivity index is 1.17. The van der Waals surface area contributed by atoms with E-state index in [0.29, 0.717) is 46.9 Å². The predicted molar refractivity (Wildman–Crippen MR) is 154 cm³/mol. The van der Waals surface area contributed by atoms with E-state index in [9.17, 15) is 14.0 Å². The van der Waals surface area contributed by atoms with Gasteiger partial charge in [-0.2, -0.15) is 0 Å². The lowest BCUT2D eigenvalue weighted by molar-refractivity contribution is -0.112. The Morgan fingerprint density at radius 1 is 1.00 bits per heavy atom. The molecule has 41 heavy (non-hydrogen) atoms. The van der Waals surface area contributed by atoms with E-state index >= 15 is 0 Å². The summed E-state index contributed by atoms with van der Waals surface area (Å²) < 4.78 is 30.7. The summed E-state index contributed by atoms with van der Waals surface area (Å²) in [6, 6.07) is 18.7. The normalized spacial score (nSPS) is 13.6. The van der Waals surface area contributed by atoms with E-state index in [-0.39, 0.29) is 23.9 Å². The van der Waals surface area contributed by atoms with Gasteiger partial charge in [0.1, 0.15) is 35.6 Å². The van der Waals surface area contributed by atoms with Crippen molar-refractivity contribution in [2.75, 3.05) is 31.8 Å². The minimum Gasteiger partial charge on any atom is -0.494 e. The molecule has 9 heteroatoms. The molecule has 0 bridgehead atoms. The third-order valence-electron chi connectivity index (χ3n) is 6.87. The van der Waals surface area contributed by atoms with Crippen LogP contribution in [0, 0.1) is 5.82 Å². The molecule has 0 saturated carbocycles. The Morgan fingerprint density at radius 2 is 1.78 bits per heavy atom. The van der Waals surface area contributed by atoms with Gasteiger partial charge in [-0.1, -0.05) is 36.2 Å². The standard InChI is InChI=1S/C32H31FN2O6/c1-3-39-32(37)28-25-20-23(16-17-27(25)41-30(28)21-12-14-22(33)15-13-21)40-19-9-5-4-8-18-35-26-11-7-6-10-24(26)29(31(35)36)34-38-2/h6-7,10-17,20H,3-5,8-9,18-19H2,1-2H3/b34-29-. The number of benzene rings is 3.